The van der Waals surface area contributed by atoms with E-state index in [-0.39, 0.29) is 5.54 Å². The molecule has 4 nitrogen and oxygen atoms in total. The average molecular weight is 278 g/mol. The van der Waals surface area contributed by atoms with Crippen LogP contribution in [0, 0.1) is 12.8 Å². The summed E-state index contributed by atoms with van der Waals surface area (Å²) < 4.78 is 2.02. The third-order valence-corrected chi connectivity index (χ3v) is 4.85. The van der Waals surface area contributed by atoms with Gasteiger partial charge < -0.3 is 5.32 Å². The van der Waals surface area contributed by atoms with E-state index < -0.39 is 0 Å². The summed E-state index contributed by atoms with van der Waals surface area (Å²) in [7, 11) is 2.05. The molecule has 0 aliphatic carbocycles. The standard InChI is InChI=1S/C16H30N4/c1-7-12(2)15-10-20(16(4,5)11-17-15)9-14-8-13(3)18-19(14)6/h8,12,15,17H,7,9-11H2,1-6H3. The minimum absolute atomic E-state index is 0.197. The normalized spacial score (nSPS) is 24.8. The van der Waals surface area contributed by atoms with E-state index in [2.05, 4.69) is 56.0 Å². The summed E-state index contributed by atoms with van der Waals surface area (Å²) >= 11 is 0. The lowest BCUT2D eigenvalue weighted by Gasteiger charge is -2.47. The van der Waals surface area contributed by atoms with Crippen LogP contribution in [-0.2, 0) is 13.6 Å². The van der Waals surface area contributed by atoms with Crippen molar-refractivity contribution in [3.05, 3.63) is 17.5 Å². The molecule has 2 rings (SSSR count). The van der Waals surface area contributed by atoms with Gasteiger partial charge in [0.25, 0.3) is 0 Å². The molecule has 0 bridgehead atoms. The Hall–Kier alpha value is -0.870. The molecule has 2 heterocycles. The molecule has 1 N–H and O–H groups in total. The Morgan fingerprint density at radius 1 is 1.50 bits per heavy atom. The van der Waals surface area contributed by atoms with Crippen LogP contribution in [0.1, 0.15) is 45.5 Å². The quantitative estimate of drug-likeness (QED) is 0.917. The molecule has 0 radical (unpaired) electrons. The Morgan fingerprint density at radius 2 is 2.20 bits per heavy atom. The van der Waals surface area contributed by atoms with E-state index >= 15 is 0 Å². The van der Waals surface area contributed by atoms with Crippen molar-refractivity contribution < 1.29 is 0 Å². The molecule has 20 heavy (non-hydrogen) atoms. The van der Waals surface area contributed by atoms with Gasteiger partial charge in [0.1, 0.15) is 0 Å². The van der Waals surface area contributed by atoms with Crippen molar-refractivity contribution in [3.8, 4) is 0 Å². The molecular formula is C16H30N4. The number of nitrogens with zero attached hydrogens (tertiary/aromatic N) is 3. The molecule has 1 aliphatic heterocycles. The molecule has 0 amide bonds. The lowest BCUT2D eigenvalue weighted by molar-refractivity contribution is 0.0429. The van der Waals surface area contributed by atoms with Gasteiger partial charge in [0.2, 0.25) is 0 Å². The van der Waals surface area contributed by atoms with Gasteiger partial charge in [-0.1, -0.05) is 20.3 Å². The van der Waals surface area contributed by atoms with Crippen LogP contribution < -0.4 is 5.32 Å². The molecule has 1 saturated heterocycles. The summed E-state index contributed by atoms with van der Waals surface area (Å²) in [6.45, 7) is 14.5. The van der Waals surface area contributed by atoms with Crippen molar-refractivity contribution in [1.29, 1.82) is 0 Å². The number of hydrogen-bond acceptors (Lipinski definition) is 3. The summed E-state index contributed by atoms with van der Waals surface area (Å²) in [5.74, 6) is 0.724. The second-order valence-electron chi connectivity index (χ2n) is 6.97. The minimum Gasteiger partial charge on any atom is -0.311 e. The van der Waals surface area contributed by atoms with E-state index in [0.717, 1.165) is 31.2 Å². The highest BCUT2D eigenvalue weighted by Gasteiger charge is 2.35. The van der Waals surface area contributed by atoms with Crippen molar-refractivity contribution in [2.24, 2.45) is 13.0 Å². The van der Waals surface area contributed by atoms with Gasteiger partial charge in [-0.25, -0.2) is 0 Å². The second-order valence-corrected chi connectivity index (χ2v) is 6.97. The minimum atomic E-state index is 0.197. The summed E-state index contributed by atoms with van der Waals surface area (Å²) in [4.78, 5) is 2.61. The van der Waals surface area contributed by atoms with Crippen molar-refractivity contribution in [1.82, 2.24) is 20.0 Å². The van der Waals surface area contributed by atoms with Crippen LogP contribution in [0.15, 0.2) is 6.07 Å². The van der Waals surface area contributed by atoms with E-state index in [1.165, 1.54) is 12.1 Å². The smallest absolute Gasteiger partial charge is 0.0597 e. The predicted molar refractivity (Wildman–Crippen MR) is 83.7 cm³/mol. The number of piperazine rings is 1. The lowest BCUT2D eigenvalue weighted by atomic mass is 9.90. The van der Waals surface area contributed by atoms with E-state index in [4.69, 9.17) is 0 Å². The Balaban J connectivity index is 2.12. The molecule has 2 atom stereocenters. The van der Waals surface area contributed by atoms with Gasteiger partial charge in [-0.15, -0.1) is 0 Å². The Bertz CT molecular complexity index is 449. The molecule has 114 valence electrons. The van der Waals surface area contributed by atoms with E-state index in [9.17, 15) is 0 Å². The summed E-state index contributed by atoms with van der Waals surface area (Å²) in [5.41, 5.74) is 2.61. The molecule has 0 spiro atoms. The fourth-order valence-corrected chi connectivity index (χ4v) is 2.99. The van der Waals surface area contributed by atoms with E-state index in [1.807, 2.05) is 11.7 Å². The van der Waals surface area contributed by atoms with Crippen molar-refractivity contribution in [3.63, 3.8) is 0 Å². The van der Waals surface area contributed by atoms with Crippen LogP contribution in [0.4, 0.5) is 0 Å². The molecule has 1 aliphatic rings. The van der Waals surface area contributed by atoms with Crippen molar-refractivity contribution in [2.45, 2.75) is 59.2 Å². The fraction of sp³-hybridized carbons (Fsp3) is 0.812. The fourth-order valence-electron chi connectivity index (χ4n) is 2.99. The highest BCUT2D eigenvalue weighted by molar-refractivity contribution is 5.10. The highest BCUT2D eigenvalue weighted by atomic mass is 15.3. The molecule has 1 fully saturated rings. The van der Waals surface area contributed by atoms with Gasteiger partial charge >= 0.3 is 0 Å². The summed E-state index contributed by atoms with van der Waals surface area (Å²) in [6.07, 6.45) is 1.23. The maximum Gasteiger partial charge on any atom is 0.0597 e. The van der Waals surface area contributed by atoms with Gasteiger partial charge in [0.15, 0.2) is 0 Å². The third kappa shape index (κ3) is 3.23. The molecule has 0 saturated carbocycles. The number of rotatable bonds is 4. The van der Waals surface area contributed by atoms with Gasteiger partial charge in [0.05, 0.1) is 11.4 Å². The third-order valence-electron chi connectivity index (χ3n) is 4.85. The van der Waals surface area contributed by atoms with Gasteiger partial charge in [0, 0.05) is 38.3 Å². The van der Waals surface area contributed by atoms with Crippen LogP contribution in [-0.4, -0.2) is 39.4 Å². The molecular weight excluding hydrogens is 248 g/mol. The van der Waals surface area contributed by atoms with E-state index in [0.29, 0.717) is 6.04 Å². The zero-order valence-electron chi connectivity index (χ0n) is 13.9. The average Bonchev–Trinajstić information content (AvgIpc) is 2.69. The van der Waals surface area contributed by atoms with Crippen LogP contribution in [0.3, 0.4) is 0 Å². The first-order chi connectivity index (χ1) is 9.33. The zero-order valence-corrected chi connectivity index (χ0v) is 13.9. The highest BCUT2D eigenvalue weighted by Crippen LogP contribution is 2.24. The van der Waals surface area contributed by atoms with Crippen LogP contribution in [0.2, 0.25) is 0 Å². The molecule has 4 heteroatoms. The Labute approximate surface area is 123 Å². The number of aromatic nitrogens is 2. The predicted octanol–water partition coefficient (Wildman–Crippen LogP) is 2.33. The molecule has 1 aromatic rings. The number of nitrogens with one attached hydrogen (secondary N) is 1. The number of aryl methyl sites for hydroxylation is 2. The Kier molecular flexibility index (Phi) is 4.55. The SMILES string of the molecule is CCC(C)C1CN(Cc2cc(C)nn2C)C(C)(C)CN1. The van der Waals surface area contributed by atoms with Crippen LogP contribution >= 0.6 is 0 Å². The van der Waals surface area contributed by atoms with Crippen molar-refractivity contribution in [2.75, 3.05) is 13.1 Å². The second kappa shape index (κ2) is 5.86. The maximum absolute atomic E-state index is 4.47. The van der Waals surface area contributed by atoms with Crippen LogP contribution in [0.5, 0.6) is 0 Å². The molecule has 1 aromatic heterocycles. The monoisotopic (exact) mass is 278 g/mol. The summed E-state index contributed by atoms with van der Waals surface area (Å²) in [5, 5.41) is 8.20. The zero-order chi connectivity index (χ0) is 14.9. The first-order valence-electron chi connectivity index (χ1n) is 7.81. The topological polar surface area (TPSA) is 33.1 Å². The molecule has 0 aromatic carbocycles. The Morgan fingerprint density at radius 3 is 2.75 bits per heavy atom. The van der Waals surface area contributed by atoms with Gasteiger partial charge in [-0.05, 0) is 32.8 Å². The first-order valence-corrected chi connectivity index (χ1v) is 7.81. The van der Waals surface area contributed by atoms with Crippen molar-refractivity contribution >= 4 is 0 Å². The van der Waals surface area contributed by atoms with Gasteiger partial charge in [-0.2, -0.15) is 5.10 Å². The first kappa shape index (κ1) is 15.5. The largest absolute Gasteiger partial charge is 0.311 e. The summed E-state index contributed by atoms with van der Waals surface area (Å²) in [6, 6.07) is 2.80. The molecule has 2 unspecified atom stereocenters. The maximum atomic E-state index is 4.47. The van der Waals surface area contributed by atoms with Crippen LogP contribution in [0.25, 0.3) is 0 Å². The lowest BCUT2D eigenvalue weighted by Crippen LogP contribution is -2.62. The number of hydrogen-bond donors (Lipinski definition) is 1. The van der Waals surface area contributed by atoms with E-state index in [1.54, 1.807) is 0 Å². The van der Waals surface area contributed by atoms with Gasteiger partial charge in [-0.3, -0.25) is 9.58 Å².